The molecule has 2 unspecified atom stereocenters. The van der Waals surface area contributed by atoms with E-state index in [0.29, 0.717) is 23.2 Å². The number of benzene rings is 2. The summed E-state index contributed by atoms with van der Waals surface area (Å²) in [4.78, 5) is 12.5. The second-order valence-electron chi connectivity index (χ2n) is 14.9. The molecular weight excluding hydrogens is 480 g/mol. The Morgan fingerprint density at radius 1 is 0.816 bits per heavy atom. The molecule has 204 valence electrons. The summed E-state index contributed by atoms with van der Waals surface area (Å²) < 4.78 is 7.64. The molecule has 7 atom stereocenters. The lowest BCUT2D eigenvalue weighted by Gasteiger charge is -2.61. The number of rotatable bonds is 4. The second kappa shape index (κ2) is 9.44. The molecule has 2 nitrogen and oxygen atoms in total. The van der Waals surface area contributed by atoms with Crippen LogP contribution >= 0.6 is 0 Å². The second-order valence-corrected chi connectivity index (χ2v) is 19.2. The van der Waals surface area contributed by atoms with Gasteiger partial charge in [0.25, 0.3) is 8.32 Å². The van der Waals surface area contributed by atoms with Crippen LogP contribution in [0.1, 0.15) is 92.4 Å². The number of Topliss-reactive ketones (excluding diaryl/α,β-unsaturated/α-hetero) is 1. The summed E-state index contributed by atoms with van der Waals surface area (Å²) in [6.07, 6.45) is 10.9. The predicted octanol–water partition coefficient (Wildman–Crippen LogP) is 7.54. The molecule has 0 saturated heterocycles. The van der Waals surface area contributed by atoms with Gasteiger partial charge in [0.2, 0.25) is 0 Å². The summed E-state index contributed by atoms with van der Waals surface area (Å²) in [5.74, 6) is 3.46. The maximum absolute atomic E-state index is 12.5. The van der Waals surface area contributed by atoms with Crippen LogP contribution in [-0.4, -0.2) is 20.2 Å². The number of carbonyl (C=O) groups is 1. The molecule has 0 radical (unpaired) electrons. The van der Waals surface area contributed by atoms with E-state index in [2.05, 4.69) is 95.3 Å². The van der Waals surface area contributed by atoms with E-state index < -0.39 is 8.32 Å². The Morgan fingerprint density at radius 3 is 2.05 bits per heavy atom. The third-order valence-electron chi connectivity index (χ3n) is 11.9. The Morgan fingerprint density at radius 2 is 1.45 bits per heavy atom. The molecule has 0 amide bonds. The molecule has 2 aromatic carbocycles. The lowest BCUT2D eigenvalue weighted by Crippen LogP contribution is -2.68. The molecule has 0 spiro atoms. The van der Waals surface area contributed by atoms with Crippen molar-refractivity contribution in [3.05, 3.63) is 60.7 Å². The zero-order chi connectivity index (χ0) is 26.8. The van der Waals surface area contributed by atoms with Crippen LogP contribution in [0.2, 0.25) is 5.04 Å². The fourth-order valence-electron chi connectivity index (χ4n) is 10.0. The zero-order valence-corrected chi connectivity index (χ0v) is 25.3. The highest BCUT2D eigenvalue weighted by molar-refractivity contribution is 6.99. The van der Waals surface area contributed by atoms with Gasteiger partial charge < -0.3 is 4.43 Å². The van der Waals surface area contributed by atoms with E-state index in [1.165, 1.54) is 55.3 Å². The molecule has 6 rings (SSSR count). The van der Waals surface area contributed by atoms with E-state index in [4.69, 9.17) is 4.43 Å². The molecule has 4 aliphatic rings. The number of hydrogen-bond acceptors (Lipinski definition) is 2. The summed E-state index contributed by atoms with van der Waals surface area (Å²) in [6, 6.07) is 22.3. The van der Waals surface area contributed by atoms with Gasteiger partial charge in [0, 0.05) is 18.9 Å². The van der Waals surface area contributed by atoms with Crippen LogP contribution in [0.25, 0.3) is 0 Å². The standard InChI is InChI=1S/C35H48O2Si/c1-33(2,3)38(28-12-8-6-9-13-28,29-14-10-7-11-15-29)37-27-18-21-35(5)25(22-27)16-17-30-31(35)19-20-34(4)24-26(36)23-32(30)34/h6-15,25,27,30-32H,16-24H2,1-5H3/t25?,27?,30-,31+,32+,34-,35+/m1/s1. The monoisotopic (exact) mass is 528 g/mol. The number of ketones is 1. The first-order valence-electron chi connectivity index (χ1n) is 15.4. The molecule has 4 fully saturated rings. The van der Waals surface area contributed by atoms with Crippen LogP contribution in [0, 0.1) is 34.5 Å². The summed E-state index contributed by atoms with van der Waals surface area (Å²) in [6.45, 7) is 12.3. The molecule has 0 N–H and O–H groups in total. The van der Waals surface area contributed by atoms with E-state index in [-0.39, 0.29) is 10.5 Å². The molecule has 3 heteroatoms. The van der Waals surface area contributed by atoms with E-state index in [0.717, 1.165) is 30.6 Å². The third kappa shape index (κ3) is 4.10. The van der Waals surface area contributed by atoms with Gasteiger partial charge in [-0.3, -0.25) is 4.79 Å². The van der Waals surface area contributed by atoms with E-state index in [1.807, 2.05) is 0 Å². The van der Waals surface area contributed by atoms with Crippen molar-refractivity contribution < 1.29 is 9.22 Å². The minimum absolute atomic E-state index is 0.0248. The average molecular weight is 529 g/mol. The van der Waals surface area contributed by atoms with Crippen LogP contribution in [0.5, 0.6) is 0 Å². The van der Waals surface area contributed by atoms with Gasteiger partial charge in [-0.1, -0.05) is 95.3 Å². The van der Waals surface area contributed by atoms with E-state index in [1.54, 1.807) is 0 Å². The Balaban J connectivity index is 1.29. The molecule has 2 aromatic rings. The summed E-state index contributed by atoms with van der Waals surface area (Å²) >= 11 is 0. The lowest BCUT2D eigenvalue weighted by atomic mass is 9.45. The van der Waals surface area contributed by atoms with Gasteiger partial charge in [-0.25, -0.2) is 0 Å². The molecule has 4 aliphatic carbocycles. The van der Waals surface area contributed by atoms with Crippen molar-refractivity contribution in [1.29, 1.82) is 0 Å². The first kappa shape index (κ1) is 26.5. The normalized spacial score (nSPS) is 37.3. The van der Waals surface area contributed by atoms with Gasteiger partial charge in [-0.15, -0.1) is 0 Å². The quantitative estimate of drug-likeness (QED) is 0.383. The molecule has 0 aromatic heterocycles. The fraction of sp³-hybridized carbons (Fsp3) is 0.629. The van der Waals surface area contributed by atoms with Gasteiger partial charge in [0.1, 0.15) is 5.78 Å². The topological polar surface area (TPSA) is 26.3 Å². The van der Waals surface area contributed by atoms with Gasteiger partial charge >= 0.3 is 0 Å². The van der Waals surface area contributed by atoms with Crippen molar-refractivity contribution >= 4 is 24.5 Å². The summed E-state index contributed by atoms with van der Waals surface area (Å²) in [5.41, 5.74) is 0.687. The molecule has 0 bridgehead atoms. The lowest BCUT2D eigenvalue weighted by molar-refractivity contribution is -0.119. The van der Waals surface area contributed by atoms with Crippen LogP contribution < -0.4 is 10.4 Å². The van der Waals surface area contributed by atoms with Crippen molar-refractivity contribution in [2.45, 2.75) is 104 Å². The maximum atomic E-state index is 12.5. The third-order valence-corrected chi connectivity index (χ3v) is 17.0. The molecule has 4 saturated carbocycles. The first-order valence-corrected chi connectivity index (χ1v) is 17.3. The van der Waals surface area contributed by atoms with Crippen molar-refractivity contribution in [1.82, 2.24) is 0 Å². The summed E-state index contributed by atoms with van der Waals surface area (Å²) in [7, 11) is -2.52. The van der Waals surface area contributed by atoms with Crippen LogP contribution in [0.4, 0.5) is 0 Å². The molecule has 0 aliphatic heterocycles. The minimum Gasteiger partial charge on any atom is -0.404 e. The van der Waals surface area contributed by atoms with Crippen LogP contribution in [-0.2, 0) is 9.22 Å². The smallest absolute Gasteiger partial charge is 0.261 e. The Bertz CT molecular complexity index is 1110. The number of fused-ring (bicyclic) bond motifs is 5. The highest BCUT2D eigenvalue weighted by atomic mass is 28.4. The van der Waals surface area contributed by atoms with Crippen molar-refractivity contribution in [3.63, 3.8) is 0 Å². The van der Waals surface area contributed by atoms with Crippen LogP contribution in [0.3, 0.4) is 0 Å². The Kier molecular flexibility index (Phi) is 6.59. The van der Waals surface area contributed by atoms with Crippen molar-refractivity contribution in [2.75, 3.05) is 0 Å². The van der Waals surface area contributed by atoms with Gasteiger partial charge in [0.05, 0.1) is 0 Å². The first-order chi connectivity index (χ1) is 18.1. The number of hydrogen-bond donors (Lipinski definition) is 0. The Hall–Kier alpha value is -1.71. The Labute approximate surface area is 232 Å². The van der Waals surface area contributed by atoms with Gasteiger partial charge in [-0.2, -0.15) is 0 Å². The predicted molar refractivity (Wildman–Crippen MR) is 159 cm³/mol. The van der Waals surface area contributed by atoms with Gasteiger partial charge in [0.15, 0.2) is 0 Å². The SMILES string of the molecule is CC(C)(C)[Si](OC1CC[C@@]2(C)C(CC[C@H]3[C@@H]4CC(=O)C[C@@]4(C)CC[C@@H]32)C1)(c1ccccc1)c1ccccc1. The van der Waals surface area contributed by atoms with Crippen molar-refractivity contribution in [3.8, 4) is 0 Å². The molecule has 0 heterocycles. The van der Waals surface area contributed by atoms with Crippen LogP contribution in [0.15, 0.2) is 60.7 Å². The summed E-state index contributed by atoms with van der Waals surface area (Å²) in [5, 5.41) is 2.82. The molecule has 38 heavy (non-hydrogen) atoms. The average Bonchev–Trinajstić information content (AvgIpc) is 3.21. The van der Waals surface area contributed by atoms with Crippen molar-refractivity contribution in [2.24, 2.45) is 34.5 Å². The van der Waals surface area contributed by atoms with Gasteiger partial charge in [-0.05, 0) is 94.9 Å². The fourth-order valence-corrected chi connectivity index (χ4v) is 14.8. The highest BCUT2D eigenvalue weighted by Crippen LogP contribution is 2.66. The highest BCUT2D eigenvalue weighted by Gasteiger charge is 2.60. The largest absolute Gasteiger partial charge is 0.404 e. The zero-order valence-electron chi connectivity index (χ0n) is 24.3. The van der Waals surface area contributed by atoms with E-state index in [9.17, 15) is 4.79 Å². The maximum Gasteiger partial charge on any atom is 0.261 e. The molecular formula is C35H48O2Si. The number of carbonyl (C=O) groups excluding carboxylic acids is 1. The minimum atomic E-state index is -2.52. The van der Waals surface area contributed by atoms with E-state index >= 15 is 0 Å².